The first kappa shape index (κ1) is 18.8. The number of hydrazone groups is 1. The number of hydrogen-bond acceptors (Lipinski definition) is 5. The Balaban J connectivity index is 1.70. The Labute approximate surface area is 158 Å². The fraction of sp³-hybridized carbons (Fsp3) is 0.333. The molecule has 6 nitrogen and oxygen atoms in total. The molecule has 0 saturated heterocycles. The number of amides is 1. The van der Waals surface area contributed by atoms with E-state index in [-0.39, 0.29) is 17.8 Å². The second-order valence-corrected chi connectivity index (χ2v) is 7.52. The monoisotopic (exact) mass is 368 g/mol. The van der Waals surface area contributed by atoms with Crippen molar-refractivity contribution < 1.29 is 19.4 Å². The molecule has 0 saturated carbocycles. The van der Waals surface area contributed by atoms with Crippen LogP contribution in [0.25, 0.3) is 0 Å². The van der Waals surface area contributed by atoms with Crippen molar-refractivity contribution in [2.75, 3.05) is 6.61 Å². The van der Waals surface area contributed by atoms with Crippen LogP contribution in [-0.2, 0) is 10.2 Å². The average molecular weight is 368 g/mol. The lowest BCUT2D eigenvalue weighted by molar-refractivity contribution is -0.130. The van der Waals surface area contributed by atoms with Gasteiger partial charge in [-0.15, -0.1) is 0 Å². The van der Waals surface area contributed by atoms with Gasteiger partial charge in [0.25, 0.3) is 5.91 Å². The number of nitrogens with zero attached hydrogens (tertiary/aromatic N) is 1. The topological polar surface area (TPSA) is 80.2 Å². The molecule has 0 spiro atoms. The smallest absolute Gasteiger partial charge is 0.284 e. The number of phenols is 1. The quantitative estimate of drug-likeness (QED) is 0.643. The van der Waals surface area contributed by atoms with Gasteiger partial charge in [-0.2, -0.15) is 5.10 Å². The molecule has 2 aromatic rings. The maximum Gasteiger partial charge on any atom is 0.284 e. The number of benzene rings is 2. The van der Waals surface area contributed by atoms with Crippen molar-refractivity contribution in [1.82, 2.24) is 5.43 Å². The number of carbonyl (C=O) groups excluding carboxylic acids is 1. The lowest BCUT2D eigenvalue weighted by Crippen LogP contribution is -2.42. The minimum atomic E-state index is -0.798. The summed E-state index contributed by atoms with van der Waals surface area (Å²) in [4.78, 5) is 12.4. The predicted molar refractivity (Wildman–Crippen MR) is 104 cm³/mol. The van der Waals surface area contributed by atoms with Crippen LogP contribution >= 0.6 is 0 Å². The normalized spacial score (nSPS) is 16.7. The maximum atomic E-state index is 12.4. The molecular formula is C21H24N2O4. The third-order valence-electron chi connectivity index (χ3n) is 4.39. The molecule has 2 N–H and O–H groups in total. The number of para-hydroxylation sites is 1. The van der Waals surface area contributed by atoms with Gasteiger partial charge >= 0.3 is 0 Å². The zero-order valence-corrected chi connectivity index (χ0v) is 15.9. The van der Waals surface area contributed by atoms with E-state index in [9.17, 15) is 9.90 Å². The highest BCUT2D eigenvalue weighted by molar-refractivity contribution is 6.01. The largest absolute Gasteiger partial charge is 0.507 e. The van der Waals surface area contributed by atoms with Crippen molar-refractivity contribution >= 4 is 11.6 Å². The standard InChI is InChI=1S/C21H24N2O4/c1-13(15-7-5-6-8-16(15)24)22-23-20(25)19-12-26-17-10-9-14(21(2,3)4)11-18(17)27-19/h5-11,19,24H,12H2,1-4H3,(H,23,25)/b22-13+. The van der Waals surface area contributed by atoms with E-state index < -0.39 is 12.0 Å². The van der Waals surface area contributed by atoms with Crippen LogP contribution in [0.5, 0.6) is 17.2 Å². The van der Waals surface area contributed by atoms with Gasteiger partial charge in [0.2, 0.25) is 6.10 Å². The molecule has 27 heavy (non-hydrogen) atoms. The maximum absolute atomic E-state index is 12.4. The number of hydrogen-bond donors (Lipinski definition) is 2. The summed E-state index contributed by atoms with van der Waals surface area (Å²) in [5.41, 5.74) is 4.60. The first-order chi connectivity index (χ1) is 12.8. The number of nitrogens with one attached hydrogen (secondary N) is 1. The molecule has 0 bridgehead atoms. The van der Waals surface area contributed by atoms with Gasteiger partial charge in [-0.05, 0) is 42.2 Å². The Morgan fingerprint density at radius 2 is 1.93 bits per heavy atom. The molecule has 1 unspecified atom stereocenters. The Bertz CT molecular complexity index is 884. The molecule has 3 rings (SSSR count). The summed E-state index contributed by atoms with van der Waals surface area (Å²) in [7, 11) is 0. The van der Waals surface area contributed by atoms with Crippen molar-refractivity contribution in [3.8, 4) is 17.2 Å². The SMILES string of the molecule is C/C(=N\NC(=O)C1COc2ccc(C(C)(C)C)cc2O1)c1ccccc1O. The van der Waals surface area contributed by atoms with E-state index in [0.717, 1.165) is 5.56 Å². The van der Waals surface area contributed by atoms with Gasteiger partial charge < -0.3 is 14.6 Å². The van der Waals surface area contributed by atoms with Crippen LogP contribution in [0.15, 0.2) is 47.6 Å². The third-order valence-corrected chi connectivity index (χ3v) is 4.39. The lowest BCUT2D eigenvalue weighted by atomic mass is 9.87. The molecule has 1 aliphatic rings. The molecule has 1 aliphatic heterocycles. The zero-order chi connectivity index (χ0) is 19.6. The van der Waals surface area contributed by atoms with Crippen LogP contribution in [0.1, 0.15) is 38.8 Å². The molecule has 0 radical (unpaired) electrons. The molecule has 1 amide bonds. The summed E-state index contributed by atoms with van der Waals surface area (Å²) in [5, 5.41) is 13.9. The van der Waals surface area contributed by atoms with E-state index in [1.807, 2.05) is 18.2 Å². The van der Waals surface area contributed by atoms with Crippen molar-refractivity contribution in [1.29, 1.82) is 0 Å². The second-order valence-electron chi connectivity index (χ2n) is 7.52. The Kier molecular flexibility index (Phi) is 5.08. The third kappa shape index (κ3) is 4.22. The van der Waals surface area contributed by atoms with Crippen molar-refractivity contribution in [3.63, 3.8) is 0 Å². The van der Waals surface area contributed by atoms with Crippen molar-refractivity contribution in [2.45, 2.75) is 39.2 Å². The summed E-state index contributed by atoms with van der Waals surface area (Å²) in [5.74, 6) is 0.877. The van der Waals surface area contributed by atoms with Crippen molar-refractivity contribution in [2.24, 2.45) is 5.10 Å². The molecular weight excluding hydrogens is 344 g/mol. The second kappa shape index (κ2) is 7.31. The van der Waals surface area contributed by atoms with Gasteiger partial charge in [-0.25, -0.2) is 5.43 Å². The van der Waals surface area contributed by atoms with E-state index in [1.165, 1.54) is 0 Å². The molecule has 1 heterocycles. The summed E-state index contributed by atoms with van der Waals surface area (Å²) in [6.07, 6.45) is -0.798. The van der Waals surface area contributed by atoms with Gasteiger partial charge in [0.05, 0.1) is 5.71 Å². The van der Waals surface area contributed by atoms with E-state index in [2.05, 4.69) is 31.3 Å². The fourth-order valence-corrected chi connectivity index (χ4v) is 2.72. The number of carbonyl (C=O) groups is 1. The van der Waals surface area contributed by atoms with Gasteiger partial charge in [0.15, 0.2) is 11.5 Å². The van der Waals surface area contributed by atoms with Crippen LogP contribution in [0.2, 0.25) is 0 Å². The molecule has 6 heteroatoms. The highest BCUT2D eigenvalue weighted by atomic mass is 16.6. The van der Waals surface area contributed by atoms with Crippen LogP contribution < -0.4 is 14.9 Å². The van der Waals surface area contributed by atoms with Gasteiger partial charge in [-0.3, -0.25) is 4.79 Å². The lowest BCUT2D eigenvalue weighted by Gasteiger charge is -2.27. The average Bonchev–Trinajstić information content (AvgIpc) is 2.64. The molecule has 0 aliphatic carbocycles. The summed E-state index contributed by atoms with van der Waals surface area (Å²) in [6.45, 7) is 8.15. The van der Waals surface area contributed by atoms with Crippen LogP contribution in [-0.4, -0.2) is 29.4 Å². The highest BCUT2D eigenvalue weighted by Gasteiger charge is 2.28. The van der Waals surface area contributed by atoms with Gasteiger partial charge in [-0.1, -0.05) is 39.0 Å². The minimum Gasteiger partial charge on any atom is -0.507 e. The van der Waals surface area contributed by atoms with Gasteiger partial charge in [0.1, 0.15) is 12.4 Å². The van der Waals surface area contributed by atoms with Crippen LogP contribution in [0.3, 0.4) is 0 Å². The first-order valence-corrected chi connectivity index (χ1v) is 8.82. The number of fused-ring (bicyclic) bond motifs is 1. The number of aromatic hydroxyl groups is 1. The van der Waals surface area contributed by atoms with E-state index in [1.54, 1.807) is 31.2 Å². The number of phenolic OH excluding ortho intramolecular Hbond substituents is 1. The summed E-state index contributed by atoms with van der Waals surface area (Å²) < 4.78 is 11.5. The fourth-order valence-electron chi connectivity index (χ4n) is 2.72. The highest BCUT2D eigenvalue weighted by Crippen LogP contribution is 2.36. The van der Waals surface area contributed by atoms with Crippen LogP contribution in [0, 0.1) is 0 Å². The Hall–Kier alpha value is -3.02. The predicted octanol–water partition coefficient (Wildman–Crippen LogP) is 3.37. The Morgan fingerprint density at radius 1 is 1.19 bits per heavy atom. The zero-order valence-electron chi connectivity index (χ0n) is 15.9. The minimum absolute atomic E-state index is 0.0350. The van der Waals surface area contributed by atoms with E-state index in [0.29, 0.717) is 22.8 Å². The number of rotatable bonds is 3. The van der Waals surface area contributed by atoms with E-state index in [4.69, 9.17) is 9.47 Å². The van der Waals surface area contributed by atoms with E-state index >= 15 is 0 Å². The molecule has 2 aromatic carbocycles. The summed E-state index contributed by atoms with van der Waals surface area (Å²) in [6, 6.07) is 12.6. The molecule has 142 valence electrons. The number of ether oxygens (including phenoxy) is 2. The summed E-state index contributed by atoms with van der Waals surface area (Å²) >= 11 is 0. The first-order valence-electron chi connectivity index (χ1n) is 8.82. The molecule has 0 fully saturated rings. The van der Waals surface area contributed by atoms with Crippen LogP contribution in [0.4, 0.5) is 0 Å². The van der Waals surface area contributed by atoms with Crippen molar-refractivity contribution in [3.05, 3.63) is 53.6 Å². The molecule has 1 atom stereocenters. The Morgan fingerprint density at radius 3 is 2.63 bits per heavy atom. The molecule has 0 aromatic heterocycles. The van der Waals surface area contributed by atoms with Gasteiger partial charge in [0, 0.05) is 5.56 Å².